The molecular formula is C17H18N4. The van der Waals surface area contributed by atoms with Crippen molar-refractivity contribution < 1.29 is 0 Å². The zero-order valence-corrected chi connectivity index (χ0v) is 12.2. The van der Waals surface area contributed by atoms with E-state index in [0.717, 1.165) is 22.3 Å². The smallest absolute Gasteiger partial charge is 0.0897 e. The number of aryl methyl sites for hydroxylation is 2. The second kappa shape index (κ2) is 5.60. The zero-order chi connectivity index (χ0) is 14.8. The van der Waals surface area contributed by atoms with Gasteiger partial charge in [-0.2, -0.15) is 0 Å². The van der Waals surface area contributed by atoms with Crippen LogP contribution in [0, 0.1) is 13.8 Å². The normalized spacial score (nSPS) is 12.5. The van der Waals surface area contributed by atoms with Gasteiger partial charge in [0.2, 0.25) is 0 Å². The second-order valence-electron chi connectivity index (χ2n) is 5.30. The van der Waals surface area contributed by atoms with E-state index in [-0.39, 0.29) is 6.04 Å². The highest BCUT2D eigenvalue weighted by atomic mass is 15.2. The maximum atomic E-state index is 5.76. The molecule has 3 rings (SSSR count). The first-order valence-electron chi connectivity index (χ1n) is 6.93. The molecule has 0 saturated heterocycles. The van der Waals surface area contributed by atoms with Crippen molar-refractivity contribution in [1.82, 2.24) is 15.4 Å². The van der Waals surface area contributed by atoms with Crippen molar-refractivity contribution in [3.63, 3.8) is 0 Å². The molecule has 1 aromatic heterocycles. The van der Waals surface area contributed by atoms with Crippen LogP contribution in [0.5, 0.6) is 0 Å². The molecule has 3 N–H and O–H groups in total. The first-order valence-corrected chi connectivity index (χ1v) is 6.93. The maximum absolute atomic E-state index is 5.76. The zero-order valence-electron chi connectivity index (χ0n) is 12.2. The Balaban J connectivity index is 2.08. The number of hydrazine groups is 1. The number of aromatic nitrogens is 2. The molecule has 0 aliphatic heterocycles. The summed E-state index contributed by atoms with van der Waals surface area (Å²) in [7, 11) is 0. The highest BCUT2D eigenvalue weighted by Crippen LogP contribution is 2.23. The van der Waals surface area contributed by atoms with E-state index < -0.39 is 0 Å². The lowest BCUT2D eigenvalue weighted by molar-refractivity contribution is 0.620. The number of rotatable bonds is 3. The van der Waals surface area contributed by atoms with Gasteiger partial charge >= 0.3 is 0 Å². The van der Waals surface area contributed by atoms with Gasteiger partial charge in [0.25, 0.3) is 0 Å². The van der Waals surface area contributed by atoms with Crippen molar-refractivity contribution in [3.05, 3.63) is 71.0 Å². The topological polar surface area (TPSA) is 63.8 Å². The predicted octanol–water partition coefficient (Wildman–Crippen LogP) is 2.80. The number of nitrogens with one attached hydrogen (secondary N) is 1. The van der Waals surface area contributed by atoms with Crippen LogP contribution in [0.1, 0.15) is 28.4 Å². The fourth-order valence-corrected chi connectivity index (χ4v) is 2.64. The fourth-order valence-electron chi connectivity index (χ4n) is 2.64. The van der Waals surface area contributed by atoms with Crippen LogP contribution in [0.15, 0.2) is 48.7 Å². The Morgan fingerprint density at radius 3 is 2.33 bits per heavy atom. The molecule has 0 fully saturated rings. The molecule has 21 heavy (non-hydrogen) atoms. The quantitative estimate of drug-likeness (QED) is 0.571. The summed E-state index contributed by atoms with van der Waals surface area (Å²) in [4.78, 5) is 9.14. The molecule has 0 aliphatic rings. The van der Waals surface area contributed by atoms with Gasteiger partial charge in [0.05, 0.1) is 29.0 Å². The highest BCUT2D eigenvalue weighted by Gasteiger charge is 2.15. The van der Waals surface area contributed by atoms with E-state index >= 15 is 0 Å². The molecule has 0 bridgehead atoms. The average molecular weight is 278 g/mol. The molecular weight excluding hydrogens is 260 g/mol. The van der Waals surface area contributed by atoms with E-state index in [1.54, 1.807) is 6.20 Å². The number of benzene rings is 2. The summed E-state index contributed by atoms with van der Waals surface area (Å²) in [5, 5.41) is 0. The summed E-state index contributed by atoms with van der Waals surface area (Å²) < 4.78 is 0. The minimum Gasteiger partial charge on any atom is -0.271 e. The summed E-state index contributed by atoms with van der Waals surface area (Å²) in [5.41, 5.74) is 8.94. The summed E-state index contributed by atoms with van der Waals surface area (Å²) in [6.07, 6.45) is 1.78. The van der Waals surface area contributed by atoms with Gasteiger partial charge in [0.1, 0.15) is 0 Å². The maximum Gasteiger partial charge on any atom is 0.0897 e. The predicted molar refractivity (Wildman–Crippen MR) is 84.6 cm³/mol. The molecule has 0 amide bonds. The van der Waals surface area contributed by atoms with Gasteiger partial charge in [0, 0.05) is 0 Å². The lowest BCUT2D eigenvalue weighted by Gasteiger charge is -2.17. The second-order valence-corrected chi connectivity index (χ2v) is 5.30. The van der Waals surface area contributed by atoms with Crippen molar-refractivity contribution in [2.45, 2.75) is 19.9 Å². The Morgan fingerprint density at radius 1 is 1.00 bits per heavy atom. The third-order valence-electron chi connectivity index (χ3n) is 3.51. The van der Waals surface area contributed by atoms with Gasteiger partial charge in [-0.25, -0.2) is 10.4 Å². The number of hydrogen-bond donors (Lipinski definition) is 2. The van der Waals surface area contributed by atoms with Gasteiger partial charge in [0.15, 0.2) is 0 Å². The Labute approximate surface area is 124 Å². The molecule has 1 atom stereocenters. The number of fused-ring (bicyclic) bond motifs is 1. The average Bonchev–Trinajstić information content (AvgIpc) is 2.47. The standard InChI is InChI=1S/C17H18N4/c1-11-7-12(2)9-13(8-11)17(21-18)16-10-19-14-5-3-4-6-15(14)20-16/h3-10,17,21H,18H2,1-2H3. The molecule has 0 spiro atoms. The van der Waals surface area contributed by atoms with E-state index in [4.69, 9.17) is 5.84 Å². The van der Waals surface area contributed by atoms with Crippen LogP contribution >= 0.6 is 0 Å². The first-order chi connectivity index (χ1) is 10.2. The van der Waals surface area contributed by atoms with Crippen molar-refractivity contribution >= 4 is 11.0 Å². The third-order valence-corrected chi connectivity index (χ3v) is 3.51. The Kier molecular flexibility index (Phi) is 3.64. The Morgan fingerprint density at radius 2 is 1.67 bits per heavy atom. The SMILES string of the molecule is Cc1cc(C)cc(C(NN)c2cnc3ccccc3n2)c1. The number of para-hydroxylation sites is 2. The molecule has 106 valence electrons. The summed E-state index contributed by atoms with van der Waals surface area (Å²) in [6.45, 7) is 4.16. The largest absolute Gasteiger partial charge is 0.271 e. The van der Waals surface area contributed by atoms with E-state index in [0.29, 0.717) is 0 Å². The number of nitrogens with zero attached hydrogens (tertiary/aromatic N) is 2. The molecule has 4 nitrogen and oxygen atoms in total. The molecule has 1 heterocycles. The van der Waals surface area contributed by atoms with E-state index in [1.807, 2.05) is 24.3 Å². The molecule has 0 radical (unpaired) electrons. The minimum atomic E-state index is -0.166. The fraction of sp³-hybridized carbons (Fsp3) is 0.176. The summed E-state index contributed by atoms with van der Waals surface area (Å²) in [5.74, 6) is 5.76. The molecule has 4 heteroatoms. The van der Waals surface area contributed by atoms with E-state index in [2.05, 4.69) is 47.4 Å². The third kappa shape index (κ3) is 2.77. The first kappa shape index (κ1) is 13.7. The van der Waals surface area contributed by atoms with Crippen LogP contribution in [0.4, 0.5) is 0 Å². The van der Waals surface area contributed by atoms with Crippen molar-refractivity contribution in [2.75, 3.05) is 0 Å². The molecule has 0 saturated carbocycles. The van der Waals surface area contributed by atoms with Crippen molar-refractivity contribution in [3.8, 4) is 0 Å². The van der Waals surface area contributed by atoms with Gasteiger partial charge in [-0.1, -0.05) is 41.5 Å². The van der Waals surface area contributed by atoms with Crippen LogP contribution in [0.25, 0.3) is 11.0 Å². The summed E-state index contributed by atoms with van der Waals surface area (Å²) >= 11 is 0. The van der Waals surface area contributed by atoms with Gasteiger partial charge in [-0.3, -0.25) is 10.8 Å². The van der Waals surface area contributed by atoms with Crippen LogP contribution in [0.3, 0.4) is 0 Å². The van der Waals surface area contributed by atoms with Crippen LogP contribution in [-0.2, 0) is 0 Å². The molecule has 0 aliphatic carbocycles. The van der Waals surface area contributed by atoms with E-state index in [9.17, 15) is 0 Å². The van der Waals surface area contributed by atoms with Gasteiger partial charge in [-0.05, 0) is 31.5 Å². The number of nitrogens with two attached hydrogens (primary N) is 1. The summed E-state index contributed by atoms with van der Waals surface area (Å²) in [6, 6.07) is 14.0. The minimum absolute atomic E-state index is 0.166. The van der Waals surface area contributed by atoms with Gasteiger partial charge in [-0.15, -0.1) is 0 Å². The van der Waals surface area contributed by atoms with E-state index in [1.165, 1.54) is 11.1 Å². The molecule has 1 unspecified atom stereocenters. The van der Waals surface area contributed by atoms with Crippen LogP contribution in [-0.4, -0.2) is 9.97 Å². The number of hydrogen-bond acceptors (Lipinski definition) is 4. The van der Waals surface area contributed by atoms with Crippen molar-refractivity contribution in [2.24, 2.45) is 5.84 Å². The highest BCUT2D eigenvalue weighted by molar-refractivity contribution is 5.73. The van der Waals surface area contributed by atoms with Crippen LogP contribution in [0.2, 0.25) is 0 Å². The lowest BCUT2D eigenvalue weighted by atomic mass is 9.99. The van der Waals surface area contributed by atoms with Crippen LogP contribution < -0.4 is 11.3 Å². The van der Waals surface area contributed by atoms with Gasteiger partial charge < -0.3 is 0 Å². The Bertz CT molecular complexity index is 762. The monoisotopic (exact) mass is 278 g/mol. The molecule has 3 aromatic rings. The lowest BCUT2D eigenvalue weighted by Crippen LogP contribution is -2.29. The Hall–Kier alpha value is -2.30. The molecule has 2 aromatic carbocycles. The van der Waals surface area contributed by atoms with Crippen molar-refractivity contribution in [1.29, 1.82) is 0 Å².